The SMILES string of the molecule is N#Cc1ccc([Si](c2ccccc2)(c2ccc(-n3c4ccccc4c4ccccc43)cc2)c2ccc3c(c2)c2ccccc2n3-c2ccccc2)cc1. The standard InChI is InChI=1S/C49H33N3Si/c50-34-35-23-27-39(28-24-35)53(38-15-5-2-6-16-38,40-29-25-37(26-30-40)52-46-20-10-7-17-42(46)43-18-8-11-21-47(43)52)41-31-32-49-45(33-41)44-19-9-12-22-48(44)51(49)36-13-3-1-4-14-36/h1-33H. The normalized spacial score (nSPS) is 12.7. The highest BCUT2D eigenvalue weighted by molar-refractivity contribution is 7.20. The molecule has 1 unspecified atom stereocenters. The number of aromatic nitrogens is 2. The number of hydrogen-bond acceptors (Lipinski definition) is 1. The van der Waals surface area contributed by atoms with Gasteiger partial charge in [0.2, 0.25) is 0 Å². The van der Waals surface area contributed by atoms with Gasteiger partial charge in [-0.3, -0.25) is 0 Å². The van der Waals surface area contributed by atoms with Crippen molar-refractivity contribution in [1.29, 1.82) is 5.26 Å². The highest BCUT2D eigenvalue weighted by Gasteiger charge is 2.42. The molecule has 0 radical (unpaired) electrons. The molecule has 53 heavy (non-hydrogen) atoms. The Morgan fingerprint density at radius 1 is 0.340 bits per heavy atom. The molecule has 3 nitrogen and oxygen atoms in total. The van der Waals surface area contributed by atoms with Gasteiger partial charge in [0, 0.05) is 32.9 Å². The van der Waals surface area contributed by atoms with Crippen molar-refractivity contribution in [2.75, 3.05) is 0 Å². The van der Waals surface area contributed by atoms with Crippen molar-refractivity contribution >= 4 is 72.4 Å². The molecular weight excluding hydrogens is 659 g/mol. The highest BCUT2D eigenvalue weighted by atomic mass is 28.3. The molecule has 8 aromatic carbocycles. The summed E-state index contributed by atoms with van der Waals surface area (Å²) < 4.78 is 4.76. The molecule has 0 spiro atoms. The first kappa shape index (κ1) is 30.9. The van der Waals surface area contributed by atoms with Crippen LogP contribution in [0.15, 0.2) is 200 Å². The average Bonchev–Trinajstić information content (AvgIpc) is 3.75. The van der Waals surface area contributed by atoms with Gasteiger partial charge >= 0.3 is 0 Å². The van der Waals surface area contributed by atoms with E-state index in [1.165, 1.54) is 64.4 Å². The van der Waals surface area contributed by atoms with Crippen LogP contribution in [0.1, 0.15) is 5.56 Å². The molecule has 10 aromatic rings. The molecule has 2 heterocycles. The molecule has 2 aromatic heterocycles. The number of rotatable bonds is 6. The Hall–Kier alpha value is -6.93. The van der Waals surface area contributed by atoms with E-state index in [0.29, 0.717) is 5.56 Å². The van der Waals surface area contributed by atoms with Crippen molar-refractivity contribution in [2.24, 2.45) is 0 Å². The molecule has 10 rings (SSSR count). The number of nitrogens with zero attached hydrogens (tertiary/aromatic N) is 3. The zero-order valence-electron chi connectivity index (χ0n) is 28.9. The van der Waals surface area contributed by atoms with Crippen LogP contribution in [0.5, 0.6) is 0 Å². The lowest BCUT2D eigenvalue weighted by atomic mass is 10.1. The van der Waals surface area contributed by atoms with Gasteiger partial charge < -0.3 is 9.13 Å². The van der Waals surface area contributed by atoms with Crippen LogP contribution < -0.4 is 20.7 Å². The third kappa shape index (κ3) is 4.72. The van der Waals surface area contributed by atoms with Crippen LogP contribution in [0.4, 0.5) is 0 Å². The quantitative estimate of drug-likeness (QED) is 0.127. The topological polar surface area (TPSA) is 33.6 Å². The van der Waals surface area contributed by atoms with Crippen LogP contribution in [-0.4, -0.2) is 17.2 Å². The fraction of sp³-hybridized carbons (Fsp3) is 0. The first-order valence-corrected chi connectivity index (χ1v) is 20.0. The summed E-state index contributed by atoms with van der Waals surface area (Å²) in [5.41, 5.74) is 7.69. The van der Waals surface area contributed by atoms with Crippen LogP contribution >= 0.6 is 0 Å². The van der Waals surface area contributed by atoms with Crippen molar-refractivity contribution in [1.82, 2.24) is 9.13 Å². The number of para-hydroxylation sites is 4. The molecule has 0 saturated heterocycles. The van der Waals surface area contributed by atoms with Crippen molar-refractivity contribution < 1.29 is 0 Å². The maximum absolute atomic E-state index is 9.83. The van der Waals surface area contributed by atoms with Crippen LogP contribution in [-0.2, 0) is 0 Å². The molecule has 1 atom stereocenters. The molecule has 0 aliphatic heterocycles. The van der Waals surface area contributed by atoms with Gasteiger partial charge in [-0.1, -0.05) is 140 Å². The van der Waals surface area contributed by atoms with Gasteiger partial charge in [-0.2, -0.15) is 5.26 Å². The van der Waals surface area contributed by atoms with Crippen molar-refractivity contribution in [2.45, 2.75) is 0 Å². The van der Waals surface area contributed by atoms with E-state index in [4.69, 9.17) is 0 Å². The van der Waals surface area contributed by atoms with Gasteiger partial charge in [0.25, 0.3) is 0 Å². The van der Waals surface area contributed by atoms with E-state index < -0.39 is 8.07 Å². The maximum Gasteiger partial charge on any atom is 0.179 e. The second-order valence-corrected chi connectivity index (χ2v) is 17.5. The third-order valence-electron chi connectivity index (χ3n) is 10.9. The summed E-state index contributed by atoms with van der Waals surface area (Å²) >= 11 is 0. The third-order valence-corrected chi connectivity index (χ3v) is 15.7. The molecule has 0 N–H and O–H groups in total. The van der Waals surface area contributed by atoms with Gasteiger partial charge in [-0.25, -0.2) is 0 Å². The predicted molar refractivity (Wildman–Crippen MR) is 223 cm³/mol. The predicted octanol–water partition coefficient (Wildman–Crippen LogP) is 9.13. The Kier molecular flexibility index (Phi) is 7.21. The molecule has 0 saturated carbocycles. The summed E-state index contributed by atoms with van der Waals surface area (Å²) in [7, 11) is -2.95. The lowest BCUT2D eigenvalue weighted by molar-refractivity contribution is 1.18. The van der Waals surface area contributed by atoms with Gasteiger partial charge in [0.05, 0.1) is 33.7 Å². The zero-order chi connectivity index (χ0) is 35.4. The van der Waals surface area contributed by atoms with Crippen molar-refractivity contribution in [3.05, 3.63) is 206 Å². The van der Waals surface area contributed by atoms with E-state index in [9.17, 15) is 5.26 Å². The summed E-state index contributed by atoms with van der Waals surface area (Å²) in [4.78, 5) is 0. The minimum atomic E-state index is -2.95. The highest BCUT2D eigenvalue weighted by Crippen LogP contribution is 2.33. The molecule has 248 valence electrons. The summed E-state index contributed by atoms with van der Waals surface area (Å²) in [6, 6.07) is 74.8. The smallest absolute Gasteiger partial charge is 0.179 e. The summed E-state index contributed by atoms with van der Waals surface area (Å²) in [6.45, 7) is 0. The average molecular weight is 692 g/mol. The lowest BCUT2D eigenvalue weighted by Crippen LogP contribution is -2.74. The van der Waals surface area contributed by atoms with Crippen LogP contribution in [0, 0.1) is 11.3 Å². The molecule has 0 fully saturated rings. The Morgan fingerprint density at radius 3 is 1.28 bits per heavy atom. The van der Waals surface area contributed by atoms with Gasteiger partial charge in [-0.05, 0) is 81.4 Å². The number of nitriles is 1. The van der Waals surface area contributed by atoms with E-state index in [0.717, 1.165) is 11.4 Å². The van der Waals surface area contributed by atoms with E-state index >= 15 is 0 Å². The fourth-order valence-corrected chi connectivity index (χ4v) is 13.3. The summed E-state index contributed by atoms with van der Waals surface area (Å²) in [5.74, 6) is 0. The van der Waals surface area contributed by atoms with Crippen LogP contribution in [0.2, 0.25) is 0 Å². The van der Waals surface area contributed by atoms with Gasteiger partial charge in [0.1, 0.15) is 0 Å². The Balaban J connectivity index is 1.26. The number of hydrogen-bond donors (Lipinski definition) is 0. The van der Waals surface area contributed by atoms with Crippen molar-refractivity contribution in [3.8, 4) is 17.4 Å². The van der Waals surface area contributed by atoms with Gasteiger partial charge in [-0.15, -0.1) is 0 Å². The first-order chi connectivity index (χ1) is 26.3. The molecule has 0 aliphatic carbocycles. The minimum Gasteiger partial charge on any atom is -0.309 e. The molecule has 4 heteroatoms. The maximum atomic E-state index is 9.83. The first-order valence-electron chi connectivity index (χ1n) is 18.0. The lowest BCUT2D eigenvalue weighted by Gasteiger charge is -2.34. The largest absolute Gasteiger partial charge is 0.309 e. The Bertz CT molecular complexity index is 2940. The Morgan fingerprint density at radius 2 is 0.736 bits per heavy atom. The monoisotopic (exact) mass is 691 g/mol. The van der Waals surface area contributed by atoms with E-state index in [1.54, 1.807) is 0 Å². The molecule has 0 aliphatic rings. The number of benzene rings is 8. The molecule has 0 amide bonds. The summed E-state index contributed by atoms with van der Waals surface area (Å²) in [5, 5.41) is 19.9. The zero-order valence-corrected chi connectivity index (χ0v) is 29.9. The van der Waals surface area contributed by atoms with Crippen LogP contribution in [0.25, 0.3) is 55.0 Å². The van der Waals surface area contributed by atoms with Crippen molar-refractivity contribution in [3.63, 3.8) is 0 Å². The fourth-order valence-electron chi connectivity index (χ4n) is 8.61. The second-order valence-electron chi connectivity index (χ2n) is 13.6. The van der Waals surface area contributed by atoms with E-state index in [1.807, 2.05) is 12.1 Å². The minimum absolute atomic E-state index is 0.660. The second kappa shape index (κ2) is 12.4. The van der Waals surface area contributed by atoms with Crippen LogP contribution in [0.3, 0.4) is 0 Å². The van der Waals surface area contributed by atoms with E-state index in [2.05, 4.69) is 203 Å². The van der Waals surface area contributed by atoms with Gasteiger partial charge in [0.15, 0.2) is 8.07 Å². The molecular formula is C49H33N3Si. The van der Waals surface area contributed by atoms with E-state index in [-0.39, 0.29) is 0 Å². The molecule has 0 bridgehead atoms. The summed E-state index contributed by atoms with van der Waals surface area (Å²) in [6.07, 6.45) is 0. The Labute approximate surface area is 308 Å². The number of fused-ring (bicyclic) bond motifs is 6.